The molecular formula is C15H15ClFN. The fourth-order valence-corrected chi connectivity index (χ4v) is 1.99. The van der Waals surface area contributed by atoms with E-state index in [1.54, 1.807) is 6.07 Å². The summed E-state index contributed by atoms with van der Waals surface area (Å²) in [6.45, 7) is 2.62. The van der Waals surface area contributed by atoms with E-state index >= 15 is 0 Å². The van der Waals surface area contributed by atoms with E-state index in [9.17, 15) is 4.39 Å². The Morgan fingerprint density at radius 3 is 2.61 bits per heavy atom. The van der Waals surface area contributed by atoms with Crippen molar-refractivity contribution >= 4 is 11.6 Å². The highest BCUT2D eigenvalue weighted by atomic mass is 35.5. The Balaban J connectivity index is 2.01. The minimum atomic E-state index is -0.261. The zero-order valence-corrected chi connectivity index (χ0v) is 10.9. The van der Waals surface area contributed by atoms with Crippen LogP contribution >= 0.6 is 11.6 Å². The van der Waals surface area contributed by atoms with Crippen molar-refractivity contribution in [2.24, 2.45) is 0 Å². The Kier molecular flexibility index (Phi) is 4.34. The van der Waals surface area contributed by atoms with Crippen LogP contribution in [0, 0.1) is 5.82 Å². The summed E-state index contributed by atoms with van der Waals surface area (Å²) in [5, 5.41) is 3.92. The zero-order valence-electron chi connectivity index (χ0n) is 10.2. The molecule has 94 valence electrons. The number of nitrogens with one attached hydrogen (secondary N) is 1. The highest BCUT2D eigenvalue weighted by Gasteiger charge is 2.06. The van der Waals surface area contributed by atoms with Gasteiger partial charge in [-0.3, -0.25) is 0 Å². The van der Waals surface area contributed by atoms with Crippen LogP contribution < -0.4 is 5.32 Å². The second-order valence-corrected chi connectivity index (χ2v) is 4.66. The molecule has 0 radical (unpaired) electrons. The fourth-order valence-electron chi connectivity index (χ4n) is 1.80. The van der Waals surface area contributed by atoms with Gasteiger partial charge in [-0.15, -0.1) is 0 Å². The standard InChI is InChI=1S/C15H15ClFN/c1-11(12-5-3-2-4-6-12)18-10-13-9-14(17)7-8-15(13)16/h2-9,11,18H,10H2,1H3. The summed E-state index contributed by atoms with van der Waals surface area (Å²) in [7, 11) is 0. The maximum absolute atomic E-state index is 13.1. The van der Waals surface area contributed by atoms with Crippen LogP contribution in [0.2, 0.25) is 5.02 Å². The topological polar surface area (TPSA) is 12.0 Å². The predicted molar refractivity (Wildman–Crippen MR) is 73.1 cm³/mol. The van der Waals surface area contributed by atoms with Crippen molar-refractivity contribution in [1.29, 1.82) is 0 Å². The second-order valence-electron chi connectivity index (χ2n) is 4.25. The van der Waals surface area contributed by atoms with E-state index in [0.29, 0.717) is 11.6 Å². The van der Waals surface area contributed by atoms with Gasteiger partial charge in [-0.2, -0.15) is 0 Å². The molecule has 0 fully saturated rings. The molecule has 2 aromatic carbocycles. The molecule has 0 aliphatic rings. The number of benzene rings is 2. The van der Waals surface area contributed by atoms with Crippen LogP contribution in [0.4, 0.5) is 4.39 Å². The molecule has 3 heteroatoms. The summed E-state index contributed by atoms with van der Waals surface area (Å²) < 4.78 is 13.1. The first-order valence-corrected chi connectivity index (χ1v) is 6.27. The monoisotopic (exact) mass is 263 g/mol. The Labute approximate surface area is 112 Å². The van der Waals surface area contributed by atoms with Gasteiger partial charge in [0.15, 0.2) is 0 Å². The van der Waals surface area contributed by atoms with Gasteiger partial charge in [0.2, 0.25) is 0 Å². The molecule has 0 aromatic heterocycles. The van der Waals surface area contributed by atoms with Crippen LogP contribution in [-0.4, -0.2) is 0 Å². The van der Waals surface area contributed by atoms with Crippen molar-refractivity contribution in [2.75, 3.05) is 0 Å². The van der Waals surface area contributed by atoms with E-state index in [1.807, 2.05) is 18.2 Å². The molecule has 0 bridgehead atoms. The van der Waals surface area contributed by atoms with Gasteiger partial charge in [0, 0.05) is 17.6 Å². The minimum Gasteiger partial charge on any atom is -0.306 e. The van der Waals surface area contributed by atoms with Crippen molar-refractivity contribution in [3.05, 3.63) is 70.5 Å². The Morgan fingerprint density at radius 1 is 1.17 bits per heavy atom. The van der Waals surface area contributed by atoms with E-state index in [4.69, 9.17) is 11.6 Å². The lowest BCUT2D eigenvalue weighted by Gasteiger charge is -2.14. The van der Waals surface area contributed by atoms with Crippen LogP contribution in [0.1, 0.15) is 24.1 Å². The number of halogens is 2. The number of rotatable bonds is 4. The van der Waals surface area contributed by atoms with Crippen LogP contribution in [-0.2, 0) is 6.54 Å². The third-order valence-corrected chi connectivity index (χ3v) is 3.27. The molecule has 0 heterocycles. The van der Waals surface area contributed by atoms with Crippen molar-refractivity contribution in [3.8, 4) is 0 Å². The first kappa shape index (κ1) is 13.1. The summed E-state index contributed by atoms with van der Waals surface area (Å²) in [6, 6.07) is 14.7. The normalized spacial score (nSPS) is 12.4. The number of hydrogen-bond donors (Lipinski definition) is 1. The molecule has 2 rings (SSSR count). The lowest BCUT2D eigenvalue weighted by molar-refractivity contribution is 0.569. The molecule has 0 amide bonds. The average molecular weight is 264 g/mol. The number of hydrogen-bond acceptors (Lipinski definition) is 1. The van der Waals surface area contributed by atoms with Gasteiger partial charge in [0.25, 0.3) is 0 Å². The van der Waals surface area contributed by atoms with Gasteiger partial charge in [-0.1, -0.05) is 41.9 Å². The average Bonchev–Trinajstić information content (AvgIpc) is 2.40. The van der Waals surface area contributed by atoms with Crippen LogP contribution in [0.15, 0.2) is 48.5 Å². The molecular weight excluding hydrogens is 249 g/mol. The van der Waals surface area contributed by atoms with Crippen LogP contribution in [0.25, 0.3) is 0 Å². The van der Waals surface area contributed by atoms with Crippen LogP contribution in [0.5, 0.6) is 0 Å². The molecule has 1 nitrogen and oxygen atoms in total. The smallest absolute Gasteiger partial charge is 0.123 e. The lowest BCUT2D eigenvalue weighted by atomic mass is 10.1. The summed E-state index contributed by atoms with van der Waals surface area (Å²) in [4.78, 5) is 0. The van der Waals surface area contributed by atoms with Gasteiger partial charge >= 0.3 is 0 Å². The molecule has 1 unspecified atom stereocenters. The largest absolute Gasteiger partial charge is 0.306 e. The summed E-state index contributed by atoms with van der Waals surface area (Å²) in [5.74, 6) is -0.261. The summed E-state index contributed by atoms with van der Waals surface area (Å²) >= 11 is 6.02. The van der Waals surface area contributed by atoms with Gasteiger partial charge in [0.05, 0.1) is 0 Å². The quantitative estimate of drug-likeness (QED) is 0.866. The first-order chi connectivity index (χ1) is 8.66. The maximum atomic E-state index is 13.1. The van der Waals surface area contributed by atoms with Crippen LogP contribution in [0.3, 0.4) is 0 Å². The van der Waals surface area contributed by atoms with E-state index < -0.39 is 0 Å². The van der Waals surface area contributed by atoms with E-state index in [-0.39, 0.29) is 11.9 Å². The van der Waals surface area contributed by atoms with Gasteiger partial charge in [-0.25, -0.2) is 4.39 Å². The van der Waals surface area contributed by atoms with Crippen molar-refractivity contribution in [3.63, 3.8) is 0 Å². The predicted octanol–water partition coefficient (Wildman–Crippen LogP) is 4.33. The van der Waals surface area contributed by atoms with Gasteiger partial charge in [-0.05, 0) is 36.2 Å². The highest BCUT2D eigenvalue weighted by molar-refractivity contribution is 6.31. The Bertz CT molecular complexity index is 513. The molecule has 2 aromatic rings. The molecule has 0 aliphatic heterocycles. The Morgan fingerprint density at radius 2 is 1.89 bits per heavy atom. The molecule has 0 aliphatic carbocycles. The van der Waals surface area contributed by atoms with Crippen molar-refractivity contribution < 1.29 is 4.39 Å². The van der Waals surface area contributed by atoms with Crippen molar-refractivity contribution in [2.45, 2.75) is 19.5 Å². The summed E-state index contributed by atoms with van der Waals surface area (Å²) in [5.41, 5.74) is 1.98. The molecule has 0 spiro atoms. The molecule has 1 atom stereocenters. The van der Waals surface area contributed by atoms with E-state index in [0.717, 1.165) is 5.56 Å². The minimum absolute atomic E-state index is 0.200. The molecule has 18 heavy (non-hydrogen) atoms. The van der Waals surface area contributed by atoms with Crippen molar-refractivity contribution in [1.82, 2.24) is 5.32 Å². The highest BCUT2D eigenvalue weighted by Crippen LogP contribution is 2.18. The van der Waals surface area contributed by atoms with Gasteiger partial charge in [0.1, 0.15) is 5.82 Å². The maximum Gasteiger partial charge on any atom is 0.123 e. The third-order valence-electron chi connectivity index (χ3n) is 2.91. The van der Waals surface area contributed by atoms with E-state index in [1.165, 1.54) is 17.7 Å². The molecule has 0 saturated heterocycles. The lowest BCUT2D eigenvalue weighted by Crippen LogP contribution is -2.18. The third kappa shape index (κ3) is 3.31. The summed E-state index contributed by atoms with van der Waals surface area (Å²) in [6.07, 6.45) is 0. The zero-order chi connectivity index (χ0) is 13.0. The van der Waals surface area contributed by atoms with E-state index in [2.05, 4.69) is 24.4 Å². The Hall–Kier alpha value is -1.38. The SMILES string of the molecule is CC(NCc1cc(F)ccc1Cl)c1ccccc1. The molecule has 1 N–H and O–H groups in total. The molecule has 0 saturated carbocycles. The second kappa shape index (κ2) is 5.98. The fraction of sp³-hybridized carbons (Fsp3) is 0.200. The van der Waals surface area contributed by atoms with Gasteiger partial charge < -0.3 is 5.32 Å². The first-order valence-electron chi connectivity index (χ1n) is 5.89.